The van der Waals surface area contributed by atoms with Gasteiger partial charge in [-0.3, -0.25) is 14.8 Å². The molecule has 112 valence electrons. The molecule has 3 nitrogen and oxygen atoms in total. The Morgan fingerprint density at radius 2 is 1.48 bits per heavy atom. The van der Waals surface area contributed by atoms with Gasteiger partial charge in [-0.05, 0) is 23.3 Å². The summed E-state index contributed by atoms with van der Waals surface area (Å²) in [5.41, 5.74) is 2.64. The summed E-state index contributed by atoms with van der Waals surface area (Å²) in [7, 11) is 0. The molecule has 0 atom stereocenters. The van der Waals surface area contributed by atoms with Crippen LogP contribution in [0, 0.1) is 0 Å². The van der Waals surface area contributed by atoms with E-state index < -0.39 is 0 Å². The van der Waals surface area contributed by atoms with Gasteiger partial charge in [0.25, 0.3) is 0 Å². The minimum Gasteiger partial charge on any atom is -0.288 e. The first kappa shape index (κ1) is 14.9. The van der Waals surface area contributed by atoms with Gasteiger partial charge < -0.3 is 0 Å². The number of nitrogens with zero attached hydrogens (tertiary/aromatic N) is 2. The van der Waals surface area contributed by atoms with Crippen LogP contribution in [0.25, 0.3) is 0 Å². The third-order valence-electron chi connectivity index (χ3n) is 3.52. The predicted molar refractivity (Wildman–Crippen MR) is 91.8 cm³/mol. The summed E-state index contributed by atoms with van der Waals surface area (Å²) < 4.78 is 0. The third kappa shape index (κ3) is 3.77. The maximum atomic E-state index is 12.2. The molecule has 3 rings (SSSR count). The van der Waals surface area contributed by atoms with Gasteiger partial charge >= 0.3 is 0 Å². The molecular weight excluding hydrogens is 284 g/mol. The molecule has 0 amide bonds. The van der Waals surface area contributed by atoms with Crippen molar-refractivity contribution >= 4 is 12.0 Å². The second kappa shape index (κ2) is 7.27. The largest absolute Gasteiger partial charge is 0.288 e. The van der Waals surface area contributed by atoms with Crippen LogP contribution in [-0.4, -0.2) is 17.0 Å². The highest BCUT2D eigenvalue weighted by Crippen LogP contribution is 2.25. The van der Waals surface area contributed by atoms with E-state index >= 15 is 0 Å². The van der Waals surface area contributed by atoms with Crippen LogP contribution in [0.5, 0.6) is 0 Å². The van der Waals surface area contributed by atoms with Crippen molar-refractivity contribution in [2.75, 3.05) is 0 Å². The normalized spacial score (nSPS) is 11.0. The molecule has 0 fully saturated rings. The highest BCUT2D eigenvalue weighted by atomic mass is 16.1. The number of rotatable bonds is 5. The van der Waals surface area contributed by atoms with Crippen molar-refractivity contribution in [1.82, 2.24) is 4.98 Å². The molecule has 1 heterocycles. The fourth-order valence-electron chi connectivity index (χ4n) is 2.36. The van der Waals surface area contributed by atoms with Crippen LogP contribution in [-0.2, 0) is 0 Å². The number of benzene rings is 2. The topological polar surface area (TPSA) is 42.3 Å². The molecule has 0 aliphatic rings. The van der Waals surface area contributed by atoms with E-state index in [2.05, 4.69) is 9.98 Å². The van der Waals surface area contributed by atoms with Crippen LogP contribution < -0.4 is 0 Å². The molecule has 0 aliphatic heterocycles. The van der Waals surface area contributed by atoms with Gasteiger partial charge in [0.2, 0.25) is 5.78 Å². The second-order valence-corrected chi connectivity index (χ2v) is 5.11. The van der Waals surface area contributed by atoms with E-state index in [-0.39, 0.29) is 11.8 Å². The molecule has 23 heavy (non-hydrogen) atoms. The number of carbonyl (C=O) groups is 1. The quantitative estimate of drug-likeness (QED) is 0.525. The Hall–Kier alpha value is -3.07. The van der Waals surface area contributed by atoms with Gasteiger partial charge in [0.05, 0.1) is 6.21 Å². The first-order valence-corrected chi connectivity index (χ1v) is 7.42. The molecule has 0 bridgehead atoms. The number of carbonyl (C=O) groups excluding carboxylic acids is 1. The lowest BCUT2D eigenvalue weighted by Gasteiger charge is -2.13. The van der Waals surface area contributed by atoms with Crippen LogP contribution in [0.4, 0.5) is 0 Å². The number of aromatic nitrogens is 1. The molecule has 2 aromatic carbocycles. The van der Waals surface area contributed by atoms with Gasteiger partial charge in [0.15, 0.2) is 0 Å². The average molecular weight is 300 g/mol. The Labute approximate surface area is 135 Å². The summed E-state index contributed by atoms with van der Waals surface area (Å²) in [4.78, 5) is 20.7. The van der Waals surface area contributed by atoms with Crippen molar-refractivity contribution in [2.24, 2.45) is 4.99 Å². The van der Waals surface area contributed by atoms with Crippen molar-refractivity contribution in [2.45, 2.75) is 6.04 Å². The average Bonchev–Trinajstić information content (AvgIpc) is 2.64. The standard InChI is InChI=1S/C20H16N2O/c23-19(18-12-7-13-21-14-18)15-22-20(16-8-3-1-4-9-16)17-10-5-2-6-11-17/h1-15,20H. The number of hydrogen-bond donors (Lipinski definition) is 0. The molecule has 3 heteroatoms. The Bertz CT molecular complexity index is 744. The van der Waals surface area contributed by atoms with E-state index in [4.69, 9.17) is 0 Å². The Kier molecular flexibility index (Phi) is 4.69. The number of aliphatic imine (C=N–C) groups is 1. The summed E-state index contributed by atoms with van der Waals surface area (Å²) in [6.07, 6.45) is 4.58. The van der Waals surface area contributed by atoms with E-state index in [0.717, 1.165) is 11.1 Å². The molecule has 0 N–H and O–H groups in total. The molecule has 1 aromatic heterocycles. The molecule has 0 spiro atoms. The second-order valence-electron chi connectivity index (χ2n) is 5.11. The van der Waals surface area contributed by atoms with E-state index in [1.165, 1.54) is 6.21 Å². The first-order valence-electron chi connectivity index (χ1n) is 7.42. The molecule has 0 saturated heterocycles. The monoisotopic (exact) mass is 300 g/mol. The van der Waals surface area contributed by atoms with Gasteiger partial charge in [-0.1, -0.05) is 60.7 Å². The fourth-order valence-corrected chi connectivity index (χ4v) is 2.36. The summed E-state index contributed by atoms with van der Waals surface area (Å²) in [6.45, 7) is 0. The Morgan fingerprint density at radius 1 is 0.870 bits per heavy atom. The maximum absolute atomic E-state index is 12.2. The number of Topliss-reactive ketones (excluding diaryl/α,β-unsaturated/α-hetero) is 1. The first-order chi connectivity index (χ1) is 11.3. The predicted octanol–water partition coefficient (Wildman–Crippen LogP) is 4.12. The lowest BCUT2D eigenvalue weighted by atomic mass is 9.99. The minimum atomic E-state index is -0.196. The number of pyridine rings is 1. The van der Waals surface area contributed by atoms with Gasteiger partial charge in [0.1, 0.15) is 6.04 Å². The molecular formula is C20H16N2O. The fraction of sp³-hybridized carbons (Fsp3) is 0.0500. The van der Waals surface area contributed by atoms with Gasteiger partial charge in [-0.25, -0.2) is 0 Å². The SMILES string of the molecule is O=C(C=NC(c1ccccc1)c1ccccc1)c1cccnc1. The summed E-state index contributed by atoms with van der Waals surface area (Å²) in [5.74, 6) is -0.144. The highest BCUT2D eigenvalue weighted by Gasteiger charge is 2.12. The molecule has 0 saturated carbocycles. The Balaban J connectivity index is 1.91. The number of ketones is 1. The van der Waals surface area contributed by atoms with Gasteiger partial charge in [-0.15, -0.1) is 0 Å². The van der Waals surface area contributed by atoms with Crippen molar-refractivity contribution < 1.29 is 4.79 Å². The van der Waals surface area contributed by atoms with Crippen molar-refractivity contribution in [1.29, 1.82) is 0 Å². The van der Waals surface area contributed by atoms with Gasteiger partial charge in [0, 0.05) is 18.0 Å². The van der Waals surface area contributed by atoms with Crippen molar-refractivity contribution in [3.05, 3.63) is 102 Å². The zero-order valence-electron chi connectivity index (χ0n) is 12.5. The smallest absolute Gasteiger partial charge is 0.205 e. The zero-order valence-corrected chi connectivity index (χ0v) is 12.5. The van der Waals surface area contributed by atoms with E-state index in [1.807, 2.05) is 60.7 Å². The third-order valence-corrected chi connectivity index (χ3v) is 3.52. The van der Waals surface area contributed by atoms with Crippen molar-refractivity contribution in [3.63, 3.8) is 0 Å². The highest BCUT2D eigenvalue weighted by molar-refractivity contribution is 6.35. The molecule has 0 aliphatic carbocycles. The zero-order chi connectivity index (χ0) is 15.9. The summed E-state index contributed by atoms with van der Waals surface area (Å²) in [5, 5.41) is 0. The maximum Gasteiger partial charge on any atom is 0.205 e. The summed E-state index contributed by atoms with van der Waals surface area (Å²) in [6, 6.07) is 23.2. The van der Waals surface area contributed by atoms with Crippen LogP contribution in [0.3, 0.4) is 0 Å². The van der Waals surface area contributed by atoms with Crippen LogP contribution >= 0.6 is 0 Å². The molecule has 0 unspecified atom stereocenters. The van der Waals surface area contributed by atoms with Crippen LogP contribution in [0.2, 0.25) is 0 Å². The summed E-state index contributed by atoms with van der Waals surface area (Å²) >= 11 is 0. The van der Waals surface area contributed by atoms with E-state index in [9.17, 15) is 4.79 Å². The molecule has 3 aromatic rings. The number of hydrogen-bond acceptors (Lipinski definition) is 3. The van der Waals surface area contributed by atoms with E-state index in [0.29, 0.717) is 5.56 Å². The van der Waals surface area contributed by atoms with Crippen molar-refractivity contribution in [3.8, 4) is 0 Å². The van der Waals surface area contributed by atoms with Crippen LogP contribution in [0.1, 0.15) is 27.5 Å². The Morgan fingerprint density at radius 3 is 2.00 bits per heavy atom. The van der Waals surface area contributed by atoms with Crippen LogP contribution in [0.15, 0.2) is 90.2 Å². The van der Waals surface area contributed by atoms with Gasteiger partial charge in [-0.2, -0.15) is 0 Å². The lowest BCUT2D eigenvalue weighted by Crippen LogP contribution is -2.04. The lowest BCUT2D eigenvalue weighted by molar-refractivity contribution is 0.107. The van der Waals surface area contributed by atoms with E-state index in [1.54, 1.807) is 24.5 Å². The minimum absolute atomic E-state index is 0.144. The molecule has 0 radical (unpaired) electrons.